The summed E-state index contributed by atoms with van der Waals surface area (Å²) in [5.74, 6) is -0.496. The number of carbonyl (C=O) groups excluding carboxylic acids is 1. The minimum absolute atomic E-state index is 0.108. The lowest BCUT2D eigenvalue weighted by Crippen LogP contribution is -2.38. The molecule has 3 aromatic rings. The molecule has 2 N–H and O–H groups in total. The fourth-order valence-corrected chi connectivity index (χ4v) is 3.31. The van der Waals surface area contributed by atoms with Gasteiger partial charge in [-0.1, -0.05) is 44.2 Å². The second kappa shape index (κ2) is 8.15. The van der Waals surface area contributed by atoms with Gasteiger partial charge in [0.1, 0.15) is 11.5 Å². The lowest BCUT2D eigenvalue weighted by Gasteiger charge is -2.30. The van der Waals surface area contributed by atoms with Crippen molar-refractivity contribution in [3.8, 4) is 0 Å². The molecule has 1 unspecified atom stereocenters. The standard InChI is InChI=1S/C21H24FN3O/c1-3-25(4-2)20(15-8-6-5-7-9-15)14-23-21(26)19-13-16-12-17(22)10-11-18(16)24-19/h5-13,20,24H,3-4,14H2,1-2H3,(H,23,26). The van der Waals surface area contributed by atoms with E-state index >= 15 is 0 Å². The number of fused-ring (bicyclic) bond motifs is 1. The molecule has 0 aliphatic carbocycles. The molecule has 0 spiro atoms. The molecule has 3 rings (SSSR count). The van der Waals surface area contributed by atoms with Gasteiger partial charge >= 0.3 is 0 Å². The Morgan fingerprint density at radius 1 is 1.12 bits per heavy atom. The van der Waals surface area contributed by atoms with Crippen LogP contribution in [0.25, 0.3) is 10.9 Å². The topological polar surface area (TPSA) is 48.1 Å². The van der Waals surface area contributed by atoms with Gasteiger partial charge in [0.15, 0.2) is 0 Å². The number of carbonyl (C=O) groups is 1. The van der Waals surface area contributed by atoms with Gasteiger partial charge in [-0.25, -0.2) is 4.39 Å². The average molecular weight is 353 g/mol. The highest BCUT2D eigenvalue weighted by Crippen LogP contribution is 2.20. The highest BCUT2D eigenvalue weighted by atomic mass is 19.1. The molecule has 0 fully saturated rings. The van der Waals surface area contributed by atoms with Crippen LogP contribution >= 0.6 is 0 Å². The molecule has 1 heterocycles. The van der Waals surface area contributed by atoms with E-state index in [4.69, 9.17) is 0 Å². The summed E-state index contributed by atoms with van der Waals surface area (Å²) in [4.78, 5) is 17.9. The van der Waals surface area contributed by atoms with E-state index in [1.54, 1.807) is 12.1 Å². The summed E-state index contributed by atoms with van der Waals surface area (Å²) in [6.07, 6.45) is 0. The van der Waals surface area contributed by atoms with Crippen molar-refractivity contribution >= 4 is 16.8 Å². The second-order valence-corrected chi connectivity index (χ2v) is 6.27. The predicted octanol–water partition coefficient (Wildman–Crippen LogP) is 4.12. The zero-order valence-corrected chi connectivity index (χ0v) is 15.1. The molecule has 136 valence electrons. The van der Waals surface area contributed by atoms with Crippen molar-refractivity contribution in [2.75, 3.05) is 19.6 Å². The summed E-state index contributed by atoms with van der Waals surface area (Å²) in [6, 6.07) is 16.4. The van der Waals surface area contributed by atoms with Crippen LogP contribution in [-0.2, 0) is 0 Å². The normalized spacial score (nSPS) is 12.5. The number of benzene rings is 2. The molecule has 0 saturated heterocycles. The van der Waals surface area contributed by atoms with Crippen LogP contribution in [0.5, 0.6) is 0 Å². The van der Waals surface area contributed by atoms with E-state index in [0.717, 1.165) is 18.6 Å². The highest BCUT2D eigenvalue weighted by molar-refractivity contribution is 5.98. The Bertz CT molecular complexity index is 871. The maximum atomic E-state index is 13.3. The Kier molecular flexibility index (Phi) is 5.68. The van der Waals surface area contributed by atoms with Crippen molar-refractivity contribution in [3.63, 3.8) is 0 Å². The summed E-state index contributed by atoms with van der Waals surface area (Å²) < 4.78 is 13.3. The number of halogens is 1. The molecular formula is C21H24FN3O. The van der Waals surface area contributed by atoms with Crippen LogP contribution in [0.2, 0.25) is 0 Å². The van der Waals surface area contributed by atoms with Crippen molar-refractivity contribution < 1.29 is 9.18 Å². The third-order valence-corrected chi connectivity index (χ3v) is 4.72. The molecule has 5 heteroatoms. The maximum Gasteiger partial charge on any atom is 0.267 e. The Morgan fingerprint density at radius 3 is 2.54 bits per heavy atom. The lowest BCUT2D eigenvalue weighted by molar-refractivity contribution is 0.0931. The third-order valence-electron chi connectivity index (χ3n) is 4.72. The van der Waals surface area contributed by atoms with Crippen LogP contribution in [0.15, 0.2) is 54.6 Å². The van der Waals surface area contributed by atoms with E-state index < -0.39 is 0 Å². The number of nitrogens with one attached hydrogen (secondary N) is 2. The number of aromatic nitrogens is 1. The van der Waals surface area contributed by atoms with Gasteiger partial charge in [-0.15, -0.1) is 0 Å². The smallest absolute Gasteiger partial charge is 0.267 e. The zero-order chi connectivity index (χ0) is 18.5. The van der Waals surface area contributed by atoms with Crippen LogP contribution in [-0.4, -0.2) is 35.4 Å². The summed E-state index contributed by atoms with van der Waals surface area (Å²) in [7, 11) is 0. The van der Waals surface area contributed by atoms with Gasteiger partial charge in [0.2, 0.25) is 0 Å². The lowest BCUT2D eigenvalue weighted by atomic mass is 10.1. The molecule has 1 aromatic heterocycles. The number of likely N-dealkylation sites (N-methyl/N-ethyl adjacent to an activating group) is 1. The highest BCUT2D eigenvalue weighted by Gasteiger charge is 2.19. The molecule has 0 bridgehead atoms. The first-order valence-corrected chi connectivity index (χ1v) is 8.97. The Balaban J connectivity index is 1.76. The largest absolute Gasteiger partial charge is 0.351 e. The maximum absolute atomic E-state index is 13.3. The van der Waals surface area contributed by atoms with E-state index in [-0.39, 0.29) is 17.8 Å². The first kappa shape index (κ1) is 18.1. The number of hydrogen-bond donors (Lipinski definition) is 2. The predicted molar refractivity (Wildman–Crippen MR) is 103 cm³/mol. The Morgan fingerprint density at radius 2 is 1.85 bits per heavy atom. The fraction of sp³-hybridized carbons (Fsp3) is 0.286. The summed E-state index contributed by atoms with van der Waals surface area (Å²) in [5.41, 5.74) is 2.37. The van der Waals surface area contributed by atoms with E-state index in [9.17, 15) is 9.18 Å². The molecule has 1 atom stereocenters. The van der Waals surface area contributed by atoms with Crippen LogP contribution in [0.3, 0.4) is 0 Å². The van der Waals surface area contributed by atoms with E-state index in [2.05, 4.69) is 41.2 Å². The van der Waals surface area contributed by atoms with Crippen LogP contribution in [0, 0.1) is 5.82 Å². The summed E-state index contributed by atoms with van der Waals surface area (Å²) >= 11 is 0. The van der Waals surface area contributed by atoms with Crippen LogP contribution in [0.4, 0.5) is 4.39 Å². The van der Waals surface area contributed by atoms with Crippen molar-refractivity contribution in [2.24, 2.45) is 0 Å². The van der Waals surface area contributed by atoms with Gasteiger partial charge in [-0.3, -0.25) is 9.69 Å². The summed E-state index contributed by atoms with van der Waals surface area (Å²) in [5, 5.41) is 3.71. The molecule has 4 nitrogen and oxygen atoms in total. The van der Waals surface area contributed by atoms with Gasteiger partial charge in [0.25, 0.3) is 5.91 Å². The summed E-state index contributed by atoms with van der Waals surface area (Å²) in [6.45, 7) is 6.55. The average Bonchev–Trinajstić information content (AvgIpc) is 3.09. The number of rotatable bonds is 7. The number of amides is 1. The Labute approximate surface area is 153 Å². The van der Waals surface area contributed by atoms with Gasteiger partial charge < -0.3 is 10.3 Å². The van der Waals surface area contributed by atoms with Gasteiger partial charge in [-0.05, 0) is 42.9 Å². The quantitative estimate of drug-likeness (QED) is 0.671. The zero-order valence-electron chi connectivity index (χ0n) is 15.1. The molecular weight excluding hydrogens is 329 g/mol. The minimum atomic E-state index is -0.311. The molecule has 0 saturated carbocycles. The SMILES string of the molecule is CCN(CC)C(CNC(=O)c1cc2cc(F)ccc2[nH]1)c1ccccc1. The molecule has 1 amide bonds. The molecule has 2 aromatic carbocycles. The van der Waals surface area contributed by atoms with Crippen molar-refractivity contribution in [1.82, 2.24) is 15.2 Å². The Hall–Kier alpha value is -2.66. The minimum Gasteiger partial charge on any atom is -0.351 e. The van der Waals surface area contributed by atoms with Crippen molar-refractivity contribution in [1.29, 1.82) is 0 Å². The van der Waals surface area contributed by atoms with Crippen LogP contribution < -0.4 is 5.32 Å². The van der Waals surface area contributed by atoms with E-state index in [1.807, 2.05) is 18.2 Å². The third kappa shape index (κ3) is 3.94. The van der Waals surface area contributed by atoms with E-state index in [0.29, 0.717) is 17.6 Å². The fourth-order valence-electron chi connectivity index (χ4n) is 3.31. The number of nitrogens with zero attached hydrogens (tertiary/aromatic N) is 1. The van der Waals surface area contributed by atoms with Crippen molar-refractivity contribution in [3.05, 3.63) is 71.7 Å². The van der Waals surface area contributed by atoms with Crippen molar-refractivity contribution in [2.45, 2.75) is 19.9 Å². The molecule has 26 heavy (non-hydrogen) atoms. The van der Waals surface area contributed by atoms with Crippen LogP contribution in [0.1, 0.15) is 35.9 Å². The number of H-pyrrole nitrogens is 1. The van der Waals surface area contributed by atoms with Gasteiger partial charge in [0, 0.05) is 17.4 Å². The first-order chi connectivity index (χ1) is 12.6. The first-order valence-electron chi connectivity index (χ1n) is 8.97. The molecule has 0 aliphatic rings. The molecule has 0 radical (unpaired) electrons. The van der Waals surface area contributed by atoms with Gasteiger partial charge in [0.05, 0.1) is 6.04 Å². The number of aromatic amines is 1. The van der Waals surface area contributed by atoms with E-state index in [1.165, 1.54) is 17.7 Å². The van der Waals surface area contributed by atoms with Gasteiger partial charge in [-0.2, -0.15) is 0 Å². The molecule has 0 aliphatic heterocycles. The number of hydrogen-bond acceptors (Lipinski definition) is 2. The monoisotopic (exact) mass is 353 g/mol. The second-order valence-electron chi connectivity index (χ2n) is 6.27.